The number of hydrogen-bond acceptors (Lipinski definition) is 5. The molecule has 0 aliphatic carbocycles. The van der Waals surface area contributed by atoms with E-state index in [1.54, 1.807) is 6.07 Å². The van der Waals surface area contributed by atoms with Gasteiger partial charge in [0.15, 0.2) is 0 Å². The molecular formula is C11H11BrN2O5. The summed E-state index contributed by atoms with van der Waals surface area (Å²) in [7, 11) is 0. The third kappa shape index (κ3) is 2.69. The molecule has 1 aromatic carbocycles. The Morgan fingerprint density at radius 1 is 1.53 bits per heavy atom. The first-order valence-electron chi connectivity index (χ1n) is 5.51. The summed E-state index contributed by atoms with van der Waals surface area (Å²) in [5.74, 6) is -1.10. The first kappa shape index (κ1) is 13.8. The molecule has 102 valence electrons. The number of carboxylic acid groups (broad SMARTS) is 1. The third-order valence-corrected chi connectivity index (χ3v) is 3.50. The number of aliphatic hydroxyl groups is 1. The summed E-state index contributed by atoms with van der Waals surface area (Å²) in [6.07, 6.45) is -0.743. The molecule has 2 atom stereocenters. The molecule has 0 saturated carbocycles. The SMILES string of the molecule is O=C(O)C1CC(O)CN1c1ccc(Br)cc1[N+](=O)[O-]. The average molecular weight is 331 g/mol. The number of aliphatic carboxylic acids is 1. The number of benzene rings is 1. The fraction of sp³-hybridized carbons (Fsp3) is 0.364. The van der Waals surface area contributed by atoms with Gasteiger partial charge in [0, 0.05) is 23.5 Å². The molecule has 2 unspecified atom stereocenters. The lowest BCUT2D eigenvalue weighted by molar-refractivity contribution is -0.384. The first-order valence-corrected chi connectivity index (χ1v) is 6.31. The second-order valence-electron chi connectivity index (χ2n) is 4.29. The Labute approximate surface area is 116 Å². The van der Waals surface area contributed by atoms with Crippen LogP contribution in [0.25, 0.3) is 0 Å². The van der Waals surface area contributed by atoms with Crippen LogP contribution in [-0.2, 0) is 4.79 Å². The molecule has 2 rings (SSSR count). The molecule has 2 N–H and O–H groups in total. The number of aliphatic hydroxyl groups excluding tert-OH is 1. The summed E-state index contributed by atoms with van der Waals surface area (Å²) < 4.78 is 0.537. The predicted octanol–water partition coefficient (Wildman–Crippen LogP) is 1.38. The van der Waals surface area contributed by atoms with Crippen LogP contribution in [0.5, 0.6) is 0 Å². The predicted molar refractivity (Wildman–Crippen MR) is 70.2 cm³/mol. The number of nitro benzene ring substituents is 1. The van der Waals surface area contributed by atoms with E-state index in [4.69, 9.17) is 5.11 Å². The Morgan fingerprint density at radius 2 is 2.21 bits per heavy atom. The van der Waals surface area contributed by atoms with E-state index in [0.29, 0.717) is 4.47 Å². The van der Waals surface area contributed by atoms with Gasteiger partial charge in [0.05, 0.1) is 11.0 Å². The number of carbonyl (C=O) groups is 1. The minimum absolute atomic E-state index is 0.0581. The number of hydrogen-bond donors (Lipinski definition) is 2. The van der Waals surface area contributed by atoms with Gasteiger partial charge in [0.2, 0.25) is 0 Å². The zero-order chi connectivity index (χ0) is 14.2. The van der Waals surface area contributed by atoms with Crippen LogP contribution in [0.15, 0.2) is 22.7 Å². The van der Waals surface area contributed by atoms with Gasteiger partial charge in [-0.1, -0.05) is 15.9 Å². The smallest absolute Gasteiger partial charge is 0.326 e. The quantitative estimate of drug-likeness (QED) is 0.641. The molecule has 1 fully saturated rings. The molecule has 1 heterocycles. The van der Waals surface area contributed by atoms with Gasteiger partial charge in [-0.05, 0) is 12.1 Å². The van der Waals surface area contributed by atoms with Gasteiger partial charge < -0.3 is 15.1 Å². The number of β-amino-alcohol motifs (C(OH)–C–C–N with tert-alkyl or cyclic N) is 1. The van der Waals surface area contributed by atoms with Crippen molar-refractivity contribution in [3.05, 3.63) is 32.8 Å². The normalized spacial score (nSPS) is 22.5. The van der Waals surface area contributed by atoms with Gasteiger partial charge in [-0.15, -0.1) is 0 Å². The largest absolute Gasteiger partial charge is 0.480 e. The van der Waals surface area contributed by atoms with E-state index in [1.165, 1.54) is 17.0 Å². The lowest BCUT2D eigenvalue weighted by atomic mass is 10.2. The number of rotatable bonds is 3. The first-order chi connectivity index (χ1) is 8.90. The van der Waals surface area contributed by atoms with Crippen LogP contribution in [0.4, 0.5) is 11.4 Å². The topological polar surface area (TPSA) is 104 Å². The maximum absolute atomic E-state index is 11.1. The number of nitro groups is 1. The summed E-state index contributed by atoms with van der Waals surface area (Å²) in [6.45, 7) is 0.0689. The molecule has 0 amide bonds. The van der Waals surface area contributed by atoms with Crippen LogP contribution < -0.4 is 4.90 Å². The van der Waals surface area contributed by atoms with Crippen molar-refractivity contribution >= 4 is 33.3 Å². The van der Waals surface area contributed by atoms with E-state index in [9.17, 15) is 20.0 Å². The molecule has 19 heavy (non-hydrogen) atoms. The highest BCUT2D eigenvalue weighted by molar-refractivity contribution is 9.10. The van der Waals surface area contributed by atoms with Gasteiger partial charge in [-0.3, -0.25) is 10.1 Å². The Kier molecular flexibility index (Phi) is 3.72. The van der Waals surface area contributed by atoms with Crippen molar-refractivity contribution in [1.29, 1.82) is 0 Å². The molecule has 0 bridgehead atoms. The molecule has 1 aliphatic heterocycles. The summed E-state index contributed by atoms with van der Waals surface area (Å²) in [5, 5.41) is 29.7. The van der Waals surface area contributed by atoms with E-state index in [0.717, 1.165) is 0 Å². The van der Waals surface area contributed by atoms with E-state index in [1.807, 2.05) is 0 Å². The average Bonchev–Trinajstić information content (AvgIpc) is 2.71. The van der Waals surface area contributed by atoms with E-state index < -0.39 is 23.0 Å². The van der Waals surface area contributed by atoms with Gasteiger partial charge in [-0.25, -0.2) is 4.79 Å². The molecule has 1 aromatic rings. The Balaban J connectivity index is 2.46. The van der Waals surface area contributed by atoms with E-state index >= 15 is 0 Å². The maximum atomic E-state index is 11.1. The molecular weight excluding hydrogens is 320 g/mol. The van der Waals surface area contributed by atoms with Gasteiger partial charge in [0.25, 0.3) is 5.69 Å². The van der Waals surface area contributed by atoms with Crippen LogP contribution in [0, 0.1) is 10.1 Å². The molecule has 0 radical (unpaired) electrons. The molecule has 8 heteroatoms. The Morgan fingerprint density at radius 3 is 2.79 bits per heavy atom. The highest BCUT2D eigenvalue weighted by Crippen LogP contribution is 2.35. The zero-order valence-electron chi connectivity index (χ0n) is 9.69. The number of carboxylic acids is 1. The standard InChI is InChI=1S/C11H11BrN2O5/c12-6-1-2-8(9(3-6)14(18)19)13-5-7(15)4-10(13)11(16)17/h1-3,7,10,15H,4-5H2,(H,16,17). The Bertz CT molecular complexity index is 536. The van der Waals surface area contributed by atoms with Crippen molar-refractivity contribution in [3.8, 4) is 0 Å². The lowest BCUT2D eigenvalue weighted by Gasteiger charge is -2.23. The summed E-state index contributed by atoms with van der Waals surface area (Å²) in [6, 6.07) is 3.45. The minimum Gasteiger partial charge on any atom is -0.480 e. The van der Waals surface area contributed by atoms with Crippen LogP contribution >= 0.6 is 15.9 Å². The number of nitrogens with zero attached hydrogens (tertiary/aromatic N) is 2. The van der Waals surface area contributed by atoms with Crippen LogP contribution in [0.1, 0.15) is 6.42 Å². The van der Waals surface area contributed by atoms with Crippen molar-refractivity contribution in [2.45, 2.75) is 18.6 Å². The van der Waals surface area contributed by atoms with Crippen molar-refractivity contribution in [1.82, 2.24) is 0 Å². The molecule has 7 nitrogen and oxygen atoms in total. The number of anilines is 1. The second kappa shape index (κ2) is 5.14. The molecule has 0 aromatic heterocycles. The van der Waals surface area contributed by atoms with Crippen molar-refractivity contribution < 1.29 is 19.9 Å². The van der Waals surface area contributed by atoms with Crippen molar-refractivity contribution in [3.63, 3.8) is 0 Å². The van der Waals surface area contributed by atoms with Crippen LogP contribution in [0.2, 0.25) is 0 Å². The van der Waals surface area contributed by atoms with Crippen LogP contribution in [0.3, 0.4) is 0 Å². The highest BCUT2D eigenvalue weighted by atomic mass is 79.9. The van der Waals surface area contributed by atoms with Crippen molar-refractivity contribution in [2.24, 2.45) is 0 Å². The minimum atomic E-state index is -1.10. The third-order valence-electron chi connectivity index (χ3n) is 3.01. The van der Waals surface area contributed by atoms with Gasteiger partial charge in [-0.2, -0.15) is 0 Å². The van der Waals surface area contributed by atoms with E-state index in [2.05, 4.69) is 15.9 Å². The maximum Gasteiger partial charge on any atom is 0.326 e. The van der Waals surface area contributed by atoms with Gasteiger partial charge >= 0.3 is 5.97 Å². The van der Waals surface area contributed by atoms with E-state index in [-0.39, 0.29) is 24.3 Å². The molecule has 1 saturated heterocycles. The molecule has 1 aliphatic rings. The Hall–Kier alpha value is -1.67. The highest BCUT2D eigenvalue weighted by Gasteiger charge is 2.38. The van der Waals surface area contributed by atoms with Crippen molar-refractivity contribution in [2.75, 3.05) is 11.4 Å². The molecule has 0 spiro atoms. The zero-order valence-corrected chi connectivity index (χ0v) is 11.3. The summed E-state index contributed by atoms with van der Waals surface area (Å²) in [5.41, 5.74) is 0.0203. The number of halogens is 1. The second-order valence-corrected chi connectivity index (χ2v) is 5.20. The van der Waals surface area contributed by atoms with Gasteiger partial charge in [0.1, 0.15) is 11.7 Å². The lowest BCUT2D eigenvalue weighted by Crippen LogP contribution is -2.36. The fourth-order valence-electron chi connectivity index (χ4n) is 2.20. The fourth-order valence-corrected chi connectivity index (χ4v) is 2.55. The van der Waals surface area contributed by atoms with Crippen LogP contribution in [-0.4, -0.2) is 39.8 Å². The monoisotopic (exact) mass is 330 g/mol. The summed E-state index contributed by atoms with van der Waals surface area (Å²) >= 11 is 3.14. The summed E-state index contributed by atoms with van der Waals surface area (Å²) in [4.78, 5) is 23.0.